The maximum absolute atomic E-state index is 14.0. The Kier molecular flexibility index (Phi) is 3.67. The normalized spacial score (nSPS) is 12.0. The lowest BCUT2D eigenvalue weighted by Gasteiger charge is -2.10. The number of halogens is 2. The van der Waals surface area contributed by atoms with Crippen LogP contribution in [-0.2, 0) is 0 Å². The Labute approximate surface area is 166 Å². The first-order valence-electron chi connectivity index (χ1n) is 9.18. The molecule has 0 aliphatic heterocycles. The quantitative estimate of drug-likeness (QED) is 0.406. The van der Waals surface area contributed by atoms with Gasteiger partial charge in [-0.15, -0.1) is 0 Å². The van der Waals surface area contributed by atoms with Crippen molar-refractivity contribution in [2.75, 3.05) is 0 Å². The number of nitrogens with zero attached hydrogens (tertiary/aromatic N) is 1. The van der Waals surface area contributed by atoms with Crippen LogP contribution < -0.4 is 11.0 Å². The molecule has 0 atom stereocenters. The molecule has 0 bridgehead atoms. The van der Waals surface area contributed by atoms with E-state index in [0.717, 1.165) is 12.1 Å². The van der Waals surface area contributed by atoms with E-state index < -0.39 is 28.4 Å². The van der Waals surface area contributed by atoms with Gasteiger partial charge in [-0.25, -0.2) is 8.78 Å². The SMILES string of the molecule is CC(C)n1[nH]c(=O)c2c(-c3ccc(F)c(F)c3)c3oc4c(O)c(=O)ccc4c3[nH]c21. The van der Waals surface area contributed by atoms with Crippen LogP contribution in [0.5, 0.6) is 5.75 Å². The second-order valence-electron chi connectivity index (χ2n) is 7.35. The van der Waals surface area contributed by atoms with Crippen molar-refractivity contribution >= 4 is 33.1 Å². The van der Waals surface area contributed by atoms with E-state index in [1.807, 2.05) is 13.8 Å². The van der Waals surface area contributed by atoms with Crippen molar-refractivity contribution in [3.05, 3.63) is 62.5 Å². The topological polar surface area (TPSA) is 104 Å². The highest BCUT2D eigenvalue weighted by Gasteiger charge is 2.24. The van der Waals surface area contributed by atoms with Gasteiger partial charge in [0.05, 0.1) is 10.9 Å². The molecule has 0 radical (unpaired) electrons. The van der Waals surface area contributed by atoms with Gasteiger partial charge in [-0.1, -0.05) is 6.07 Å². The fraction of sp³-hybridized carbons (Fsp3) is 0.143. The van der Waals surface area contributed by atoms with Gasteiger partial charge < -0.3 is 14.5 Å². The van der Waals surface area contributed by atoms with Crippen LogP contribution in [0.3, 0.4) is 0 Å². The van der Waals surface area contributed by atoms with E-state index in [1.165, 1.54) is 18.2 Å². The highest BCUT2D eigenvalue weighted by molar-refractivity contribution is 6.15. The van der Waals surface area contributed by atoms with Crippen molar-refractivity contribution in [1.82, 2.24) is 14.8 Å². The van der Waals surface area contributed by atoms with Gasteiger partial charge in [-0.2, -0.15) is 0 Å². The fourth-order valence-electron chi connectivity index (χ4n) is 3.78. The molecule has 3 heterocycles. The summed E-state index contributed by atoms with van der Waals surface area (Å²) in [6, 6.07) is 5.84. The number of phenols is 1. The van der Waals surface area contributed by atoms with E-state index in [2.05, 4.69) is 10.1 Å². The van der Waals surface area contributed by atoms with Gasteiger partial charge in [0.15, 0.2) is 22.8 Å². The molecule has 0 fully saturated rings. The first kappa shape index (κ1) is 18.2. The second-order valence-corrected chi connectivity index (χ2v) is 7.35. The number of rotatable bonds is 2. The standard InChI is InChI=1S/C21H15F2N3O4/c1-8(2)26-20-15(21(29)25-26)14(9-3-5-11(22)12(23)7-9)19-16(24-20)10-4-6-13(27)17(28)18(10)30-19/h3-8,24,28H,1-2H3,(H,25,29). The molecular formula is C21H15F2N3O4. The third kappa shape index (κ3) is 2.35. The Bertz CT molecular complexity index is 1600. The molecule has 7 nitrogen and oxygen atoms in total. The van der Waals surface area contributed by atoms with Crippen LogP contribution in [0.2, 0.25) is 0 Å². The molecule has 0 spiro atoms. The molecule has 0 aliphatic rings. The predicted molar refractivity (Wildman–Crippen MR) is 108 cm³/mol. The first-order chi connectivity index (χ1) is 14.3. The smallest absolute Gasteiger partial charge is 0.274 e. The number of aromatic hydroxyl groups is 1. The Morgan fingerprint density at radius 2 is 1.83 bits per heavy atom. The average Bonchev–Trinajstić information content (AvgIpc) is 3.24. The van der Waals surface area contributed by atoms with Gasteiger partial charge in [0.2, 0.25) is 11.2 Å². The van der Waals surface area contributed by atoms with E-state index in [9.17, 15) is 23.5 Å². The van der Waals surface area contributed by atoms with Gasteiger partial charge >= 0.3 is 0 Å². The molecule has 2 aromatic carbocycles. The minimum absolute atomic E-state index is 0.0576. The molecule has 0 saturated heterocycles. The van der Waals surface area contributed by atoms with Gasteiger partial charge in [-0.05, 0) is 43.7 Å². The summed E-state index contributed by atoms with van der Waals surface area (Å²) in [4.78, 5) is 27.8. The molecule has 30 heavy (non-hydrogen) atoms. The number of hydrogen-bond donors (Lipinski definition) is 3. The van der Waals surface area contributed by atoms with Crippen molar-refractivity contribution in [3.63, 3.8) is 0 Å². The number of nitrogens with one attached hydrogen (secondary N) is 2. The van der Waals surface area contributed by atoms with Crippen molar-refractivity contribution in [3.8, 4) is 16.9 Å². The monoisotopic (exact) mass is 411 g/mol. The zero-order chi connectivity index (χ0) is 21.3. The number of furan rings is 1. The van der Waals surface area contributed by atoms with Crippen LogP contribution in [0.4, 0.5) is 8.78 Å². The summed E-state index contributed by atoms with van der Waals surface area (Å²) in [5, 5.41) is 13.5. The summed E-state index contributed by atoms with van der Waals surface area (Å²) in [5.41, 5.74) is 0.258. The highest BCUT2D eigenvalue weighted by Crippen LogP contribution is 2.40. The summed E-state index contributed by atoms with van der Waals surface area (Å²) in [7, 11) is 0. The van der Waals surface area contributed by atoms with Crippen molar-refractivity contribution in [2.45, 2.75) is 19.9 Å². The molecule has 9 heteroatoms. The van der Waals surface area contributed by atoms with Crippen molar-refractivity contribution in [1.29, 1.82) is 0 Å². The Morgan fingerprint density at radius 3 is 2.53 bits per heavy atom. The number of fused-ring (bicyclic) bond motifs is 4. The van der Waals surface area contributed by atoms with E-state index in [0.29, 0.717) is 16.6 Å². The molecular weight excluding hydrogens is 396 g/mol. The van der Waals surface area contributed by atoms with Crippen LogP contribution in [0.1, 0.15) is 19.9 Å². The second kappa shape index (κ2) is 6.06. The summed E-state index contributed by atoms with van der Waals surface area (Å²) in [6.45, 7) is 3.74. The number of aromatic amines is 2. The van der Waals surface area contributed by atoms with Gasteiger partial charge in [0.25, 0.3) is 5.56 Å². The van der Waals surface area contributed by atoms with Crippen LogP contribution in [0.15, 0.2) is 44.3 Å². The van der Waals surface area contributed by atoms with E-state index in [1.54, 1.807) is 4.68 Å². The molecule has 152 valence electrons. The molecule has 0 aliphatic carbocycles. The Balaban J connectivity index is 2.07. The average molecular weight is 411 g/mol. The Hall–Kier alpha value is -3.88. The minimum Gasteiger partial charge on any atom is -0.502 e. The summed E-state index contributed by atoms with van der Waals surface area (Å²) in [5.74, 6) is -2.68. The zero-order valence-corrected chi connectivity index (χ0v) is 15.8. The molecule has 0 unspecified atom stereocenters. The van der Waals surface area contributed by atoms with Gasteiger partial charge in [0, 0.05) is 17.0 Å². The lowest BCUT2D eigenvalue weighted by Crippen LogP contribution is -2.07. The van der Waals surface area contributed by atoms with Gasteiger partial charge in [0.1, 0.15) is 5.65 Å². The lowest BCUT2D eigenvalue weighted by atomic mass is 10.0. The summed E-state index contributed by atoms with van der Waals surface area (Å²) >= 11 is 0. The number of hydrogen-bond acceptors (Lipinski definition) is 4. The maximum atomic E-state index is 14.0. The first-order valence-corrected chi connectivity index (χ1v) is 9.18. The zero-order valence-electron chi connectivity index (χ0n) is 15.8. The number of phenolic OH excluding ortho intramolecular Hbond substituents is 1. The summed E-state index contributed by atoms with van der Waals surface area (Å²) < 4.78 is 35.0. The fourth-order valence-corrected chi connectivity index (χ4v) is 3.78. The van der Waals surface area contributed by atoms with Crippen molar-refractivity contribution in [2.24, 2.45) is 0 Å². The lowest BCUT2D eigenvalue weighted by molar-refractivity contribution is 0.464. The molecule has 5 rings (SSSR count). The third-order valence-electron chi connectivity index (χ3n) is 5.17. The van der Waals surface area contributed by atoms with Crippen LogP contribution in [-0.4, -0.2) is 19.9 Å². The number of benzene rings is 2. The maximum Gasteiger partial charge on any atom is 0.274 e. The molecule has 0 amide bonds. The largest absolute Gasteiger partial charge is 0.502 e. The Morgan fingerprint density at radius 1 is 1.07 bits per heavy atom. The molecule has 3 aromatic heterocycles. The van der Waals surface area contributed by atoms with E-state index in [4.69, 9.17) is 4.42 Å². The van der Waals surface area contributed by atoms with Crippen LogP contribution in [0.25, 0.3) is 44.2 Å². The summed E-state index contributed by atoms with van der Waals surface area (Å²) in [6.07, 6.45) is 0. The molecule has 5 aromatic rings. The highest BCUT2D eigenvalue weighted by atomic mass is 19.2. The third-order valence-corrected chi connectivity index (χ3v) is 5.17. The van der Waals surface area contributed by atoms with Crippen LogP contribution >= 0.6 is 0 Å². The number of pyridine rings is 1. The minimum atomic E-state index is -1.08. The molecule has 0 saturated carbocycles. The number of H-pyrrole nitrogens is 2. The number of aromatic nitrogens is 3. The van der Waals surface area contributed by atoms with E-state index >= 15 is 0 Å². The molecule has 3 N–H and O–H groups in total. The predicted octanol–water partition coefficient (Wildman–Crippen LogP) is 4.15. The van der Waals surface area contributed by atoms with Crippen molar-refractivity contribution < 1.29 is 18.3 Å². The van der Waals surface area contributed by atoms with Gasteiger partial charge in [-0.3, -0.25) is 19.4 Å². The van der Waals surface area contributed by atoms with Crippen LogP contribution in [0, 0.1) is 11.6 Å². The van der Waals surface area contributed by atoms with E-state index in [-0.39, 0.29) is 33.7 Å².